The lowest BCUT2D eigenvalue weighted by atomic mass is 10.2. The molecule has 0 atom stereocenters. The highest BCUT2D eigenvalue weighted by molar-refractivity contribution is 5.91. The van der Waals surface area contributed by atoms with E-state index in [0.29, 0.717) is 25.2 Å². The van der Waals surface area contributed by atoms with Crippen molar-refractivity contribution >= 4 is 11.6 Å². The molecule has 0 fully saturated rings. The zero-order valence-corrected chi connectivity index (χ0v) is 12.1. The van der Waals surface area contributed by atoms with Crippen molar-refractivity contribution in [3.05, 3.63) is 41.5 Å². The number of hydrogen-bond acceptors (Lipinski definition) is 3. The van der Waals surface area contributed by atoms with Gasteiger partial charge in [-0.15, -0.1) is 0 Å². The van der Waals surface area contributed by atoms with Crippen LogP contribution in [0.1, 0.15) is 24.2 Å². The minimum absolute atomic E-state index is 0.0784. The van der Waals surface area contributed by atoms with Crippen molar-refractivity contribution in [2.24, 2.45) is 0 Å². The standard InChI is InChI=1S/C15H18FN3O2/c1-10-15(11(2)19-18-10)17-14(20)4-3-9-21-13-7-5-12(16)6-8-13/h5-8H,3-4,9H2,1-2H3,(H,17,20)(H,18,19). The zero-order chi connectivity index (χ0) is 15.2. The number of halogens is 1. The molecule has 0 saturated carbocycles. The number of H-pyrrole nitrogens is 1. The molecule has 5 nitrogen and oxygen atoms in total. The monoisotopic (exact) mass is 291 g/mol. The summed E-state index contributed by atoms with van der Waals surface area (Å²) >= 11 is 0. The number of carbonyl (C=O) groups excluding carboxylic acids is 1. The molecule has 0 aliphatic heterocycles. The molecule has 1 amide bonds. The quantitative estimate of drug-likeness (QED) is 0.804. The molecule has 0 saturated heterocycles. The van der Waals surface area contributed by atoms with E-state index in [2.05, 4.69) is 15.5 Å². The minimum atomic E-state index is -0.299. The second kappa shape index (κ2) is 6.88. The van der Waals surface area contributed by atoms with Crippen molar-refractivity contribution in [3.63, 3.8) is 0 Å². The first-order valence-electron chi connectivity index (χ1n) is 6.76. The Morgan fingerprint density at radius 1 is 1.33 bits per heavy atom. The molecule has 1 heterocycles. The van der Waals surface area contributed by atoms with Crippen LogP contribution >= 0.6 is 0 Å². The average molecular weight is 291 g/mol. The molecular formula is C15H18FN3O2. The van der Waals surface area contributed by atoms with Crippen molar-refractivity contribution in [2.45, 2.75) is 26.7 Å². The van der Waals surface area contributed by atoms with Gasteiger partial charge in [0.15, 0.2) is 0 Å². The Hall–Kier alpha value is -2.37. The summed E-state index contributed by atoms with van der Waals surface area (Å²) in [6, 6.07) is 5.81. The molecule has 0 bridgehead atoms. The van der Waals surface area contributed by atoms with E-state index in [4.69, 9.17) is 4.74 Å². The van der Waals surface area contributed by atoms with E-state index in [1.807, 2.05) is 13.8 Å². The second-order valence-corrected chi connectivity index (χ2v) is 4.76. The van der Waals surface area contributed by atoms with Crippen LogP contribution in [-0.4, -0.2) is 22.7 Å². The summed E-state index contributed by atoms with van der Waals surface area (Å²) in [5, 5.41) is 9.66. The fourth-order valence-corrected chi connectivity index (χ4v) is 1.89. The Labute approximate surface area is 122 Å². The third-order valence-corrected chi connectivity index (χ3v) is 3.02. The number of anilines is 1. The van der Waals surface area contributed by atoms with Crippen LogP contribution in [0.25, 0.3) is 0 Å². The van der Waals surface area contributed by atoms with Crippen LogP contribution in [0.4, 0.5) is 10.1 Å². The van der Waals surface area contributed by atoms with Gasteiger partial charge in [-0.2, -0.15) is 5.10 Å². The van der Waals surface area contributed by atoms with Crippen LogP contribution in [0, 0.1) is 19.7 Å². The number of nitrogens with zero attached hydrogens (tertiary/aromatic N) is 1. The van der Waals surface area contributed by atoms with Crippen molar-refractivity contribution in [3.8, 4) is 5.75 Å². The predicted octanol–water partition coefficient (Wildman–Crippen LogP) is 2.96. The summed E-state index contributed by atoms with van der Waals surface area (Å²) in [5.41, 5.74) is 2.34. The molecule has 6 heteroatoms. The second-order valence-electron chi connectivity index (χ2n) is 4.76. The zero-order valence-electron chi connectivity index (χ0n) is 12.1. The number of aromatic amines is 1. The summed E-state index contributed by atoms with van der Waals surface area (Å²) in [4.78, 5) is 11.8. The maximum atomic E-state index is 12.7. The number of benzene rings is 1. The van der Waals surface area contributed by atoms with E-state index in [1.165, 1.54) is 12.1 Å². The maximum absolute atomic E-state index is 12.7. The summed E-state index contributed by atoms with van der Waals surface area (Å²) < 4.78 is 18.1. The van der Waals surface area contributed by atoms with Crippen molar-refractivity contribution < 1.29 is 13.9 Å². The highest BCUT2D eigenvalue weighted by Crippen LogP contribution is 2.16. The first kappa shape index (κ1) is 15.0. The smallest absolute Gasteiger partial charge is 0.224 e. The molecule has 0 spiro atoms. The molecule has 1 aromatic carbocycles. The van der Waals surface area contributed by atoms with E-state index >= 15 is 0 Å². The fourth-order valence-electron chi connectivity index (χ4n) is 1.89. The van der Waals surface area contributed by atoms with Gasteiger partial charge in [-0.05, 0) is 44.5 Å². The largest absolute Gasteiger partial charge is 0.494 e. The molecule has 2 rings (SSSR count). The molecule has 2 aromatic rings. The van der Waals surface area contributed by atoms with Gasteiger partial charge in [-0.1, -0.05) is 0 Å². The predicted molar refractivity (Wildman–Crippen MR) is 77.8 cm³/mol. The van der Waals surface area contributed by atoms with Gasteiger partial charge in [-0.25, -0.2) is 4.39 Å². The van der Waals surface area contributed by atoms with Gasteiger partial charge in [0.05, 0.1) is 23.7 Å². The van der Waals surface area contributed by atoms with Gasteiger partial charge in [-0.3, -0.25) is 9.89 Å². The molecule has 21 heavy (non-hydrogen) atoms. The fraction of sp³-hybridized carbons (Fsp3) is 0.333. The lowest BCUT2D eigenvalue weighted by molar-refractivity contribution is -0.116. The summed E-state index contributed by atoms with van der Waals surface area (Å²) in [6.07, 6.45) is 0.935. The molecule has 0 aliphatic carbocycles. The molecular weight excluding hydrogens is 273 g/mol. The molecule has 0 radical (unpaired) electrons. The normalized spacial score (nSPS) is 10.4. The molecule has 0 unspecified atom stereocenters. The van der Waals surface area contributed by atoms with Crippen molar-refractivity contribution in [2.75, 3.05) is 11.9 Å². The van der Waals surface area contributed by atoms with Gasteiger partial charge >= 0.3 is 0 Å². The highest BCUT2D eigenvalue weighted by atomic mass is 19.1. The lowest BCUT2D eigenvalue weighted by Crippen LogP contribution is -2.13. The van der Waals surface area contributed by atoms with Gasteiger partial charge in [0.2, 0.25) is 5.91 Å². The Balaban J connectivity index is 1.71. The summed E-state index contributed by atoms with van der Waals surface area (Å²) in [5.74, 6) is 0.219. The van der Waals surface area contributed by atoms with E-state index in [9.17, 15) is 9.18 Å². The molecule has 0 aliphatic rings. The van der Waals surface area contributed by atoms with Crippen LogP contribution < -0.4 is 10.1 Å². The van der Waals surface area contributed by atoms with Crippen molar-refractivity contribution in [1.29, 1.82) is 0 Å². The lowest BCUT2D eigenvalue weighted by Gasteiger charge is -2.07. The highest BCUT2D eigenvalue weighted by Gasteiger charge is 2.09. The minimum Gasteiger partial charge on any atom is -0.494 e. The van der Waals surface area contributed by atoms with Crippen LogP contribution in [0.3, 0.4) is 0 Å². The van der Waals surface area contributed by atoms with Crippen LogP contribution in [0.2, 0.25) is 0 Å². The number of aryl methyl sites for hydroxylation is 2. The number of amides is 1. The third-order valence-electron chi connectivity index (χ3n) is 3.02. The van der Waals surface area contributed by atoms with E-state index in [0.717, 1.165) is 17.1 Å². The van der Waals surface area contributed by atoms with E-state index in [1.54, 1.807) is 12.1 Å². The van der Waals surface area contributed by atoms with Gasteiger partial charge < -0.3 is 10.1 Å². The molecule has 112 valence electrons. The third kappa shape index (κ3) is 4.30. The first-order valence-corrected chi connectivity index (χ1v) is 6.76. The van der Waals surface area contributed by atoms with E-state index < -0.39 is 0 Å². The van der Waals surface area contributed by atoms with Crippen LogP contribution in [-0.2, 0) is 4.79 Å². The molecule has 2 N–H and O–H groups in total. The number of aromatic nitrogens is 2. The summed E-state index contributed by atoms with van der Waals surface area (Å²) in [7, 11) is 0. The van der Waals surface area contributed by atoms with Crippen LogP contribution in [0.15, 0.2) is 24.3 Å². The number of hydrogen-bond donors (Lipinski definition) is 2. The van der Waals surface area contributed by atoms with E-state index in [-0.39, 0.29) is 11.7 Å². The Morgan fingerprint density at radius 3 is 2.67 bits per heavy atom. The number of ether oxygens (including phenoxy) is 1. The summed E-state index contributed by atoms with van der Waals surface area (Å²) in [6.45, 7) is 4.09. The number of nitrogens with one attached hydrogen (secondary N) is 2. The average Bonchev–Trinajstić information content (AvgIpc) is 2.77. The topological polar surface area (TPSA) is 67.0 Å². The SMILES string of the molecule is Cc1n[nH]c(C)c1NC(=O)CCCOc1ccc(F)cc1. The van der Waals surface area contributed by atoms with Crippen LogP contribution in [0.5, 0.6) is 5.75 Å². The Morgan fingerprint density at radius 2 is 2.05 bits per heavy atom. The Bertz CT molecular complexity index is 588. The van der Waals surface area contributed by atoms with Crippen molar-refractivity contribution in [1.82, 2.24) is 10.2 Å². The number of rotatable bonds is 6. The molecule has 1 aromatic heterocycles. The first-order chi connectivity index (χ1) is 10.1. The van der Waals surface area contributed by atoms with Gasteiger partial charge in [0.1, 0.15) is 11.6 Å². The number of carbonyl (C=O) groups is 1. The Kier molecular flexibility index (Phi) is 4.92. The van der Waals surface area contributed by atoms with Gasteiger partial charge in [0.25, 0.3) is 0 Å². The maximum Gasteiger partial charge on any atom is 0.224 e. The van der Waals surface area contributed by atoms with Gasteiger partial charge in [0, 0.05) is 6.42 Å².